The molecule has 20 heavy (non-hydrogen) atoms. The van der Waals surface area contributed by atoms with Crippen LogP contribution in [0.2, 0.25) is 0 Å². The molecule has 0 saturated carbocycles. The third-order valence-corrected chi connectivity index (χ3v) is 6.07. The predicted molar refractivity (Wildman–Crippen MR) is 74.7 cm³/mol. The normalized spacial score (nSPS) is 22.6. The minimum absolute atomic E-state index is 0.0114. The van der Waals surface area contributed by atoms with Gasteiger partial charge in [0.1, 0.15) is 4.21 Å². The van der Waals surface area contributed by atoms with E-state index in [2.05, 4.69) is 4.72 Å². The first-order valence-electron chi connectivity index (χ1n) is 6.18. The van der Waals surface area contributed by atoms with Gasteiger partial charge in [0.2, 0.25) is 10.0 Å². The number of carboxylic acid groups (broad SMARTS) is 1. The van der Waals surface area contributed by atoms with Crippen molar-refractivity contribution in [3.63, 3.8) is 0 Å². The molecule has 1 atom stereocenters. The van der Waals surface area contributed by atoms with Gasteiger partial charge in [0.15, 0.2) is 0 Å². The fourth-order valence-corrected chi connectivity index (χ4v) is 4.62. The summed E-state index contributed by atoms with van der Waals surface area (Å²) in [6.45, 7) is 4.34. The molecule has 0 radical (unpaired) electrons. The van der Waals surface area contributed by atoms with Gasteiger partial charge in [-0.3, -0.25) is 0 Å². The lowest BCUT2D eigenvalue weighted by Gasteiger charge is -2.35. The van der Waals surface area contributed by atoms with Gasteiger partial charge in [0, 0.05) is 18.0 Å². The summed E-state index contributed by atoms with van der Waals surface area (Å²) in [5, 5.41) is 10.2. The Morgan fingerprint density at radius 2 is 2.25 bits per heavy atom. The van der Waals surface area contributed by atoms with Gasteiger partial charge in [-0.2, -0.15) is 0 Å². The van der Waals surface area contributed by atoms with Crippen LogP contribution in [0.4, 0.5) is 0 Å². The quantitative estimate of drug-likeness (QED) is 0.881. The highest BCUT2D eigenvalue weighted by Crippen LogP contribution is 2.26. The number of nitrogens with one attached hydrogen (secondary N) is 1. The summed E-state index contributed by atoms with van der Waals surface area (Å²) >= 11 is 0.911. The van der Waals surface area contributed by atoms with Crippen molar-refractivity contribution in [2.24, 2.45) is 0 Å². The van der Waals surface area contributed by atoms with Gasteiger partial charge in [-0.05, 0) is 32.8 Å². The SMILES string of the molecule is CC1(C)CC(NS(=O)(=O)c2cc(C(=O)O)cs2)CCO1. The van der Waals surface area contributed by atoms with Crippen LogP contribution in [0.1, 0.15) is 37.0 Å². The molecule has 2 heterocycles. The molecule has 1 saturated heterocycles. The van der Waals surface area contributed by atoms with Gasteiger partial charge < -0.3 is 9.84 Å². The third kappa shape index (κ3) is 3.57. The van der Waals surface area contributed by atoms with Gasteiger partial charge in [0.25, 0.3) is 0 Å². The predicted octanol–water partition coefficient (Wildman–Crippen LogP) is 1.68. The molecule has 1 unspecified atom stereocenters. The number of thiophene rings is 1. The summed E-state index contributed by atoms with van der Waals surface area (Å²) in [5.41, 5.74) is -0.365. The van der Waals surface area contributed by atoms with E-state index < -0.39 is 16.0 Å². The van der Waals surface area contributed by atoms with Gasteiger partial charge in [-0.25, -0.2) is 17.9 Å². The van der Waals surface area contributed by atoms with Gasteiger partial charge in [-0.1, -0.05) is 0 Å². The molecule has 1 fully saturated rings. The highest BCUT2D eigenvalue weighted by atomic mass is 32.2. The molecule has 0 bridgehead atoms. The number of sulfonamides is 1. The fraction of sp³-hybridized carbons (Fsp3) is 0.583. The van der Waals surface area contributed by atoms with E-state index in [9.17, 15) is 13.2 Å². The topological polar surface area (TPSA) is 92.7 Å². The maximum atomic E-state index is 12.2. The summed E-state index contributed by atoms with van der Waals surface area (Å²) in [5.74, 6) is -1.13. The summed E-state index contributed by atoms with van der Waals surface area (Å²) in [6.07, 6.45) is 1.20. The molecule has 112 valence electrons. The Hall–Kier alpha value is -0.960. The molecule has 1 aromatic rings. The van der Waals surface area contributed by atoms with E-state index in [1.165, 1.54) is 11.4 Å². The average Bonchev–Trinajstić information content (AvgIpc) is 2.76. The minimum Gasteiger partial charge on any atom is -0.478 e. The number of carbonyl (C=O) groups is 1. The van der Waals surface area contributed by atoms with Crippen LogP contribution in [-0.2, 0) is 14.8 Å². The Balaban J connectivity index is 2.12. The summed E-state index contributed by atoms with van der Waals surface area (Å²) in [7, 11) is -3.67. The number of hydrogen-bond donors (Lipinski definition) is 2. The van der Waals surface area contributed by atoms with E-state index >= 15 is 0 Å². The fourth-order valence-electron chi connectivity index (χ4n) is 2.18. The largest absolute Gasteiger partial charge is 0.478 e. The van der Waals surface area contributed by atoms with Crippen molar-refractivity contribution in [2.75, 3.05) is 6.61 Å². The van der Waals surface area contributed by atoms with E-state index in [-0.39, 0.29) is 21.4 Å². The van der Waals surface area contributed by atoms with Crippen LogP contribution in [0.15, 0.2) is 15.7 Å². The van der Waals surface area contributed by atoms with Crippen molar-refractivity contribution in [1.29, 1.82) is 0 Å². The van der Waals surface area contributed by atoms with Crippen molar-refractivity contribution in [3.05, 3.63) is 17.0 Å². The monoisotopic (exact) mass is 319 g/mol. The molecule has 0 aromatic carbocycles. The molecular weight excluding hydrogens is 302 g/mol. The van der Waals surface area contributed by atoms with E-state index in [4.69, 9.17) is 9.84 Å². The summed E-state index contributed by atoms with van der Waals surface area (Å²) in [4.78, 5) is 10.8. The Labute approximate surface area is 121 Å². The zero-order chi connectivity index (χ0) is 15.0. The number of ether oxygens (including phenoxy) is 1. The lowest BCUT2D eigenvalue weighted by atomic mass is 9.95. The second kappa shape index (κ2) is 5.44. The van der Waals surface area contributed by atoms with Crippen LogP contribution < -0.4 is 4.72 Å². The van der Waals surface area contributed by atoms with E-state index in [0.29, 0.717) is 19.4 Å². The molecule has 2 rings (SSSR count). The van der Waals surface area contributed by atoms with Crippen LogP contribution >= 0.6 is 11.3 Å². The van der Waals surface area contributed by atoms with Gasteiger partial charge >= 0.3 is 5.97 Å². The van der Waals surface area contributed by atoms with Crippen molar-refractivity contribution >= 4 is 27.3 Å². The first-order chi connectivity index (χ1) is 9.20. The van der Waals surface area contributed by atoms with Crippen LogP contribution in [0.3, 0.4) is 0 Å². The maximum absolute atomic E-state index is 12.2. The van der Waals surface area contributed by atoms with E-state index in [1.807, 2.05) is 13.8 Å². The average molecular weight is 319 g/mol. The molecule has 6 nitrogen and oxygen atoms in total. The molecule has 8 heteroatoms. The molecule has 0 spiro atoms. The van der Waals surface area contributed by atoms with E-state index in [0.717, 1.165) is 11.3 Å². The highest BCUT2D eigenvalue weighted by molar-refractivity contribution is 7.91. The van der Waals surface area contributed by atoms with Crippen molar-refractivity contribution in [1.82, 2.24) is 4.72 Å². The Morgan fingerprint density at radius 1 is 1.55 bits per heavy atom. The standard InChI is InChI=1S/C12H17NO5S2/c1-12(2)6-9(3-4-18-12)13-20(16,17)10-5-8(7-19-10)11(14)15/h5,7,9,13H,3-4,6H2,1-2H3,(H,14,15). The lowest BCUT2D eigenvalue weighted by Crippen LogP contribution is -2.45. The molecular formula is C12H17NO5S2. The van der Waals surface area contributed by atoms with Crippen LogP contribution in [0, 0.1) is 0 Å². The number of rotatable bonds is 4. The molecule has 1 aliphatic heterocycles. The lowest BCUT2D eigenvalue weighted by molar-refractivity contribution is -0.0599. The Bertz CT molecular complexity index is 605. The van der Waals surface area contributed by atoms with Crippen molar-refractivity contribution < 1.29 is 23.1 Å². The summed E-state index contributed by atoms with van der Waals surface area (Å²) in [6, 6.07) is 0.985. The number of hydrogen-bond acceptors (Lipinski definition) is 5. The second-order valence-electron chi connectivity index (χ2n) is 5.38. The maximum Gasteiger partial charge on any atom is 0.336 e. The molecule has 0 amide bonds. The highest BCUT2D eigenvalue weighted by Gasteiger charge is 2.32. The van der Waals surface area contributed by atoms with Crippen LogP contribution in [-0.4, -0.2) is 37.7 Å². The van der Waals surface area contributed by atoms with Gasteiger partial charge in [0.05, 0.1) is 11.2 Å². The van der Waals surface area contributed by atoms with E-state index in [1.54, 1.807) is 0 Å². The smallest absolute Gasteiger partial charge is 0.336 e. The third-order valence-electron chi connectivity index (χ3n) is 3.11. The van der Waals surface area contributed by atoms with Gasteiger partial charge in [-0.15, -0.1) is 11.3 Å². The zero-order valence-corrected chi connectivity index (χ0v) is 12.9. The van der Waals surface area contributed by atoms with Crippen molar-refractivity contribution in [3.8, 4) is 0 Å². The first kappa shape index (κ1) is 15.4. The Kier molecular flexibility index (Phi) is 4.19. The first-order valence-corrected chi connectivity index (χ1v) is 8.54. The zero-order valence-electron chi connectivity index (χ0n) is 11.3. The van der Waals surface area contributed by atoms with Crippen LogP contribution in [0.25, 0.3) is 0 Å². The second-order valence-corrected chi connectivity index (χ2v) is 8.23. The Morgan fingerprint density at radius 3 is 2.80 bits per heavy atom. The van der Waals surface area contributed by atoms with Crippen LogP contribution in [0.5, 0.6) is 0 Å². The minimum atomic E-state index is -3.67. The van der Waals surface area contributed by atoms with Crippen molar-refractivity contribution in [2.45, 2.75) is 42.5 Å². The number of carboxylic acids is 1. The molecule has 1 aliphatic rings. The molecule has 0 aliphatic carbocycles. The molecule has 1 aromatic heterocycles. The number of aromatic carboxylic acids is 1. The summed E-state index contributed by atoms with van der Waals surface area (Å²) < 4.78 is 32.6. The molecule has 2 N–H and O–H groups in total.